The van der Waals surface area contributed by atoms with Gasteiger partial charge in [-0.2, -0.15) is 0 Å². The van der Waals surface area contributed by atoms with E-state index in [4.69, 9.17) is 0 Å². The van der Waals surface area contributed by atoms with Crippen LogP contribution in [0.25, 0.3) is 0 Å². The van der Waals surface area contributed by atoms with E-state index in [1.165, 1.54) is 0 Å². The molecule has 1 aromatic carbocycles. The number of carbonyl (C=O) groups excluding carboxylic acids is 1. The Morgan fingerprint density at radius 2 is 1.77 bits per heavy atom. The first-order valence-corrected chi connectivity index (χ1v) is 8.46. The minimum atomic E-state index is 0. The van der Waals surface area contributed by atoms with Crippen molar-refractivity contribution in [3.8, 4) is 0 Å². The molecular formula is C19H27ClN4O2. The molecule has 1 fully saturated rings. The lowest BCUT2D eigenvalue weighted by Crippen LogP contribution is -2.47. The molecule has 0 atom stereocenters. The van der Waals surface area contributed by atoms with E-state index in [-0.39, 0.29) is 23.8 Å². The highest BCUT2D eigenvalue weighted by Crippen LogP contribution is 2.14. The van der Waals surface area contributed by atoms with Crippen LogP contribution in [0.3, 0.4) is 0 Å². The van der Waals surface area contributed by atoms with Crippen LogP contribution >= 0.6 is 12.4 Å². The van der Waals surface area contributed by atoms with Crippen LogP contribution < -0.4 is 10.2 Å². The SMILES string of the molecule is Cc1ccccc1NC(=O)CCN1CCN(c2ccccn2)CC1.Cl.O. The normalized spacial score (nSPS) is 14.1. The Morgan fingerprint density at radius 1 is 1.08 bits per heavy atom. The maximum Gasteiger partial charge on any atom is 0.225 e. The third kappa shape index (κ3) is 5.98. The van der Waals surface area contributed by atoms with E-state index in [9.17, 15) is 4.79 Å². The van der Waals surface area contributed by atoms with Gasteiger partial charge in [0.05, 0.1) is 0 Å². The summed E-state index contributed by atoms with van der Waals surface area (Å²) >= 11 is 0. The first kappa shape index (κ1) is 21.9. The van der Waals surface area contributed by atoms with Crippen LogP contribution in [0.4, 0.5) is 11.5 Å². The van der Waals surface area contributed by atoms with Gasteiger partial charge in [0.2, 0.25) is 5.91 Å². The van der Waals surface area contributed by atoms with Gasteiger partial charge in [-0.25, -0.2) is 4.98 Å². The van der Waals surface area contributed by atoms with E-state index in [2.05, 4.69) is 20.1 Å². The molecule has 0 saturated carbocycles. The number of benzene rings is 1. The van der Waals surface area contributed by atoms with Crippen molar-refractivity contribution in [1.29, 1.82) is 0 Å². The molecule has 1 aromatic heterocycles. The molecular weight excluding hydrogens is 352 g/mol. The fraction of sp³-hybridized carbons (Fsp3) is 0.368. The van der Waals surface area contributed by atoms with Crippen molar-refractivity contribution in [2.45, 2.75) is 13.3 Å². The number of hydrogen-bond acceptors (Lipinski definition) is 4. The molecule has 6 nitrogen and oxygen atoms in total. The smallest absolute Gasteiger partial charge is 0.225 e. The molecule has 142 valence electrons. The molecule has 0 radical (unpaired) electrons. The maximum atomic E-state index is 12.1. The average molecular weight is 379 g/mol. The van der Waals surface area contributed by atoms with Crippen molar-refractivity contribution in [3.05, 3.63) is 54.2 Å². The zero-order valence-electron chi connectivity index (χ0n) is 15.0. The molecule has 1 amide bonds. The number of aromatic nitrogens is 1. The van der Waals surface area contributed by atoms with Gasteiger partial charge in [0.1, 0.15) is 5.82 Å². The zero-order valence-corrected chi connectivity index (χ0v) is 15.8. The Morgan fingerprint density at radius 3 is 2.42 bits per heavy atom. The van der Waals surface area contributed by atoms with E-state index >= 15 is 0 Å². The fourth-order valence-electron chi connectivity index (χ4n) is 2.93. The van der Waals surface area contributed by atoms with Crippen molar-refractivity contribution in [3.63, 3.8) is 0 Å². The van der Waals surface area contributed by atoms with Crippen LogP contribution in [0.1, 0.15) is 12.0 Å². The summed E-state index contributed by atoms with van der Waals surface area (Å²) in [6.07, 6.45) is 2.36. The predicted molar refractivity (Wildman–Crippen MR) is 108 cm³/mol. The standard InChI is InChI=1S/C19H24N4O.ClH.H2O/c1-16-6-2-3-7-17(16)21-19(24)9-11-22-12-14-23(15-13-22)18-8-4-5-10-20-18;;/h2-8,10H,9,11-15H2,1H3,(H,21,24);1H;1H2. The van der Waals surface area contributed by atoms with Gasteiger partial charge in [0.25, 0.3) is 0 Å². The van der Waals surface area contributed by atoms with E-state index < -0.39 is 0 Å². The summed E-state index contributed by atoms with van der Waals surface area (Å²) in [6.45, 7) is 6.65. The van der Waals surface area contributed by atoms with Gasteiger partial charge in [0, 0.05) is 51.0 Å². The predicted octanol–water partition coefficient (Wildman–Crippen LogP) is 2.14. The van der Waals surface area contributed by atoms with Gasteiger partial charge in [-0.3, -0.25) is 9.69 Å². The molecule has 0 unspecified atom stereocenters. The third-order valence-electron chi connectivity index (χ3n) is 4.42. The topological polar surface area (TPSA) is 80.0 Å². The number of aryl methyl sites for hydroxylation is 1. The molecule has 3 rings (SSSR count). The minimum absolute atomic E-state index is 0. The van der Waals surface area contributed by atoms with Gasteiger partial charge in [-0.15, -0.1) is 12.4 Å². The van der Waals surface area contributed by atoms with Crippen molar-refractivity contribution in [2.24, 2.45) is 0 Å². The molecule has 2 heterocycles. The van der Waals surface area contributed by atoms with Crippen LogP contribution in [-0.4, -0.2) is 54.0 Å². The third-order valence-corrected chi connectivity index (χ3v) is 4.42. The lowest BCUT2D eigenvalue weighted by molar-refractivity contribution is -0.116. The Balaban J connectivity index is 0.00000169. The van der Waals surface area contributed by atoms with Gasteiger partial charge < -0.3 is 15.7 Å². The molecule has 3 N–H and O–H groups in total. The monoisotopic (exact) mass is 378 g/mol. The summed E-state index contributed by atoms with van der Waals surface area (Å²) < 4.78 is 0. The molecule has 7 heteroatoms. The van der Waals surface area contributed by atoms with Crippen molar-refractivity contribution in [2.75, 3.05) is 42.9 Å². The number of amides is 1. The van der Waals surface area contributed by atoms with Crippen molar-refractivity contribution < 1.29 is 10.3 Å². The molecule has 26 heavy (non-hydrogen) atoms. The van der Waals surface area contributed by atoms with E-state index in [1.54, 1.807) is 0 Å². The number of anilines is 2. The Labute approximate surface area is 160 Å². The highest BCUT2D eigenvalue weighted by Gasteiger charge is 2.18. The number of piperazine rings is 1. The van der Waals surface area contributed by atoms with Gasteiger partial charge in [-0.1, -0.05) is 24.3 Å². The molecule has 0 spiro atoms. The second-order valence-electron chi connectivity index (χ2n) is 6.13. The van der Waals surface area contributed by atoms with Crippen LogP contribution in [0.5, 0.6) is 0 Å². The number of hydrogen-bond donors (Lipinski definition) is 1. The number of nitrogens with one attached hydrogen (secondary N) is 1. The molecule has 0 bridgehead atoms. The molecule has 1 aliphatic rings. The summed E-state index contributed by atoms with van der Waals surface area (Å²) in [4.78, 5) is 21.2. The molecule has 0 aliphatic carbocycles. The van der Waals surface area contributed by atoms with E-state index in [0.717, 1.165) is 49.8 Å². The Hall–Kier alpha value is -2.15. The second kappa shape index (κ2) is 10.8. The van der Waals surface area contributed by atoms with Crippen molar-refractivity contribution >= 4 is 29.8 Å². The number of pyridine rings is 1. The van der Waals surface area contributed by atoms with Gasteiger partial charge in [0.15, 0.2) is 0 Å². The Kier molecular flexibility index (Phi) is 9.05. The summed E-state index contributed by atoms with van der Waals surface area (Å²) in [7, 11) is 0. The first-order valence-electron chi connectivity index (χ1n) is 8.46. The van der Waals surface area contributed by atoms with Gasteiger partial charge in [-0.05, 0) is 30.7 Å². The summed E-state index contributed by atoms with van der Waals surface area (Å²) in [5.74, 6) is 1.12. The lowest BCUT2D eigenvalue weighted by Gasteiger charge is -2.35. The number of halogens is 1. The average Bonchev–Trinajstić information content (AvgIpc) is 2.63. The highest BCUT2D eigenvalue weighted by molar-refractivity contribution is 5.91. The molecule has 1 saturated heterocycles. The number of nitrogens with zero attached hydrogens (tertiary/aromatic N) is 3. The number of para-hydroxylation sites is 1. The first-order chi connectivity index (χ1) is 11.7. The molecule has 2 aromatic rings. The minimum Gasteiger partial charge on any atom is -0.412 e. The van der Waals surface area contributed by atoms with Crippen molar-refractivity contribution in [1.82, 2.24) is 9.88 Å². The molecule has 1 aliphatic heterocycles. The summed E-state index contributed by atoms with van der Waals surface area (Å²) in [5, 5.41) is 3.00. The van der Waals surface area contributed by atoms with Crippen LogP contribution in [-0.2, 0) is 4.79 Å². The lowest BCUT2D eigenvalue weighted by atomic mass is 10.2. The maximum absolute atomic E-state index is 12.1. The highest BCUT2D eigenvalue weighted by atomic mass is 35.5. The van der Waals surface area contributed by atoms with Gasteiger partial charge >= 0.3 is 0 Å². The number of carbonyl (C=O) groups is 1. The summed E-state index contributed by atoms with van der Waals surface area (Å²) in [5.41, 5.74) is 2.00. The Bertz CT molecular complexity index is 676. The van der Waals surface area contributed by atoms with Crippen LogP contribution in [0.2, 0.25) is 0 Å². The van der Waals surface area contributed by atoms with Crippen LogP contribution in [0, 0.1) is 6.92 Å². The summed E-state index contributed by atoms with van der Waals surface area (Å²) in [6, 6.07) is 13.9. The van der Waals surface area contributed by atoms with E-state index in [1.807, 2.05) is 55.6 Å². The quantitative estimate of drug-likeness (QED) is 0.864. The fourth-order valence-corrected chi connectivity index (χ4v) is 2.93. The van der Waals surface area contributed by atoms with E-state index in [0.29, 0.717) is 6.42 Å². The zero-order chi connectivity index (χ0) is 16.8. The second-order valence-corrected chi connectivity index (χ2v) is 6.13. The largest absolute Gasteiger partial charge is 0.412 e. The number of rotatable bonds is 5. The van der Waals surface area contributed by atoms with Crippen LogP contribution in [0.15, 0.2) is 48.7 Å².